The number of rotatable bonds is 6. The first-order valence-corrected chi connectivity index (χ1v) is 15.7. The fraction of sp³-hybridized carbons (Fsp3) is 0.0732. The molecule has 0 aliphatic rings. The summed E-state index contributed by atoms with van der Waals surface area (Å²) in [5, 5.41) is 17.2. The summed E-state index contributed by atoms with van der Waals surface area (Å²) in [5.74, 6) is -17.5. The maximum absolute atomic E-state index is 13.3. The monoisotopic (exact) mass is 788 g/mol. The highest BCUT2D eigenvalue weighted by atomic mass is 19.2. The number of hydrogen-bond donors (Lipinski definition) is 0. The van der Waals surface area contributed by atoms with E-state index in [2.05, 4.69) is 0 Å². The molecule has 6 aromatic rings. The lowest BCUT2D eigenvalue weighted by atomic mass is 10.0. The van der Waals surface area contributed by atoms with Gasteiger partial charge in [0, 0.05) is 0 Å². The summed E-state index contributed by atoms with van der Waals surface area (Å²) in [6, 6.07) is 20.6. The lowest BCUT2D eigenvalue weighted by Gasteiger charge is -2.05. The van der Waals surface area contributed by atoms with Crippen molar-refractivity contribution in [2.24, 2.45) is 0 Å². The van der Waals surface area contributed by atoms with Gasteiger partial charge in [-0.05, 0) is 125 Å². The van der Waals surface area contributed by atoms with Gasteiger partial charge in [0.2, 0.25) is 0 Å². The van der Waals surface area contributed by atoms with Crippen LogP contribution < -0.4 is 0 Å². The standard InChI is InChI=1S/C14H7F4N.C14H8F3N.C13H6F6/c15-11-4-8(1-2-10(11)7-19)3-9-5-12(16)14(18)13(17)6-9;15-12-6-11(7-13(16)14(12)17)5-9-1-3-10(8-18)4-2-9;14-8-2-6(3-9(15)12(8)18)1-7-4-10(16)13(19)11(17)5-7/h1-2,4-6H,3H2;1-4,6-7H,5H2;2-5H,1H2. The summed E-state index contributed by atoms with van der Waals surface area (Å²) in [5.41, 5.74) is 2.09. The third kappa shape index (κ3) is 11.0. The van der Waals surface area contributed by atoms with Crippen molar-refractivity contribution in [3.05, 3.63) is 211 Å². The molecule has 286 valence electrons. The molecule has 0 spiro atoms. The minimum absolute atomic E-state index is 0.0261. The van der Waals surface area contributed by atoms with Crippen LogP contribution in [0.3, 0.4) is 0 Å². The topological polar surface area (TPSA) is 47.6 Å². The second kappa shape index (κ2) is 18.6. The first-order chi connectivity index (χ1) is 26.5. The molecule has 0 amide bonds. The van der Waals surface area contributed by atoms with Crippen LogP contribution in [0.5, 0.6) is 0 Å². The number of hydrogen-bond acceptors (Lipinski definition) is 2. The van der Waals surface area contributed by atoms with Gasteiger partial charge in [-0.25, -0.2) is 57.1 Å². The fourth-order valence-corrected chi connectivity index (χ4v) is 5.00. The Labute approximate surface area is 309 Å². The van der Waals surface area contributed by atoms with Gasteiger partial charge in [0.25, 0.3) is 0 Å². The Bertz CT molecular complexity index is 2320. The minimum atomic E-state index is -1.62. The van der Waals surface area contributed by atoms with Crippen LogP contribution in [-0.2, 0) is 19.3 Å². The molecule has 0 heterocycles. The predicted octanol–water partition coefficient (Wildman–Crippen LogP) is 11.4. The highest BCUT2D eigenvalue weighted by Gasteiger charge is 2.15. The summed E-state index contributed by atoms with van der Waals surface area (Å²) in [6.07, 6.45) is 0.0544. The fourth-order valence-electron chi connectivity index (χ4n) is 5.00. The van der Waals surface area contributed by atoms with Crippen LogP contribution in [0.1, 0.15) is 44.5 Å². The Kier molecular flexibility index (Phi) is 14.0. The molecule has 0 bridgehead atoms. The van der Waals surface area contributed by atoms with E-state index in [-0.39, 0.29) is 41.5 Å². The van der Waals surface area contributed by atoms with Gasteiger partial charge in [0.05, 0.1) is 17.2 Å². The van der Waals surface area contributed by atoms with E-state index in [4.69, 9.17) is 10.5 Å². The molecule has 0 aliphatic carbocycles. The minimum Gasteiger partial charge on any atom is -0.206 e. The van der Waals surface area contributed by atoms with Crippen LogP contribution in [0.25, 0.3) is 0 Å². The van der Waals surface area contributed by atoms with Gasteiger partial charge < -0.3 is 0 Å². The van der Waals surface area contributed by atoms with E-state index in [0.717, 1.165) is 35.9 Å². The van der Waals surface area contributed by atoms with Crippen LogP contribution in [0.2, 0.25) is 0 Å². The maximum atomic E-state index is 13.3. The van der Waals surface area contributed by atoms with Crippen molar-refractivity contribution in [2.45, 2.75) is 19.3 Å². The van der Waals surface area contributed by atoms with Gasteiger partial charge >= 0.3 is 0 Å². The van der Waals surface area contributed by atoms with Gasteiger partial charge in [-0.1, -0.05) is 18.2 Å². The van der Waals surface area contributed by atoms with Crippen molar-refractivity contribution in [3.8, 4) is 12.1 Å². The maximum Gasteiger partial charge on any atom is 0.194 e. The van der Waals surface area contributed by atoms with Crippen molar-refractivity contribution in [3.63, 3.8) is 0 Å². The Morgan fingerprint density at radius 2 is 0.571 bits per heavy atom. The average molecular weight is 789 g/mol. The summed E-state index contributed by atoms with van der Waals surface area (Å²) in [6.45, 7) is 0. The van der Waals surface area contributed by atoms with Crippen molar-refractivity contribution in [1.82, 2.24) is 0 Å². The largest absolute Gasteiger partial charge is 0.206 e. The lowest BCUT2D eigenvalue weighted by Crippen LogP contribution is -1.99. The van der Waals surface area contributed by atoms with E-state index < -0.39 is 75.6 Å². The molecule has 15 heteroatoms. The first kappa shape index (κ1) is 42.1. The molecule has 56 heavy (non-hydrogen) atoms. The summed E-state index contributed by atoms with van der Waals surface area (Å²) in [4.78, 5) is 0. The van der Waals surface area contributed by atoms with Crippen LogP contribution in [0.15, 0.2) is 91.0 Å². The zero-order chi connectivity index (χ0) is 41.3. The molecule has 2 nitrogen and oxygen atoms in total. The second-order valence-electron chi connectivity index (χ2n) is 11.8. The van der Waals surface area contributed by atoms with Crippen LogP contribution in [0.4, 0.5) is 57.1 Å². The predicted molar refractivity (Wildman–Crippen MR) is 176 cm³/mol. The molecule has 0 atom stereocenters. The van der Waals surface area contributed by atoms with Crippen LogP contribution in [0, 0.1) is 98.3 Å². The Morgan fingerprint density at radius 3 is 0.857 bits per heavy atom. The number of benzene rings is 6. The van der Waals surface area contributed by atoms with E-state index >= 15 is 0 Å². The molecule has 0 fully saturated rings. The molecule has 0 aliphatic heterocycles. The zero-order valence-electron chi connectivity index (χ0n) is 28.1. The number of nitrogens with zero attached hydrogens (tertiary/aromatic N) is 2. The van der Waals surface area contributed by atoms with Crippen molar-refractivity contribution < 1.29 is 57.1 Å². The SMILES string of the molecule is Fc1cc(Cc2cc(F)c(F)c(F)c2)cc(F)c1F.N#Cc1ccc(Cc2cc(F)c(F)c(F)c2)cc1.N#Cc1ccc(Cc2cc(F)c(F)c(F)c2)cc1F. The third-order valence-electron chi connectivity index (χ3n) is 7.64. The smallest absolute Gasteiger partial charge is 0.194 e. The first-order valence-electron chi connectivity index (χ1n) is 15.7. The van der Waals surface area contributed by atoms with Crippen LogP contribution >= 0.6 is 0 Å². The van der Waals surface area contributed by atoms with Gasteiger partial charge in [0.1, 0.15) is 11.9 Å². The van der Waals surface area contributed by atoms with Gasteiger partial charge in [-0.15, -0.1) is 0 Å². The molecule has 0 aromatic heterocycles. The highest BCUT2D eigenvalue weighted by molar-refractivity contribution is 5.37. The quantitative estimate of drug-likeness (QED) is 0.125. The Hall–Kier alpha value is -6.61. The molecule has 6 rings (SSSR count). The molecule has 6 aromatic carbocycles. The highest BCUT2D eigenvalue weighted by Crippen LogP contribution is 2.21. The number of halogens is 13. The Balaban J connectivity index is 0.000000187. The molecular weight excluding hydrogens is 767 g/mol. The molecule has 0 saturated carbocycles. The molecule has 0 radical (unpaired) electrons. The van der Waals surface area contributed by atoms with E-state index in [9.17, 15) is 57.1 Å². The molecule has 0 N–H and O–H groups in total. The summed E-state index contributed by atoms with van der Waals surface area (Å²) < 4.78 is 168. The zero-order valence-corrected chi connectivity index (χ0v) is 28.1. The summed E-state index contributed by atoms with van der Waals surface area (Å²) in [7, 11) is 0. The van der Waals surface area contributed by atoms with Gasteiger partial charge in [-0.2, -0.15) is 10.5 Å². The molecule has 0 saturated heterocycles. The lowest BCUT2D eigenvalue weighted by molar-refractivity contribution is 0.443. The molecule has 0 unspecified atom stereocenters. The van der Waals surface area contributed by atoms with Crippen molar-refractivity contribution >= 4 is 0 Å². The number of nitriles is 2. The average Bonchev–Trinajstić information content (AvgIpc) is 3.15. The van der Waals surface area contributed by atoms with Gasteiger partial charge in [-0.3, -0.25) is 0 Å². The van der Waals surface area contributed by atoms with E-state index in [0.29, 0.717) is 41.0 Å². The second-order valence-corrected chi connectivity index (χ2v) is 11.8. The van der Waals surface area contributed by atoms with Crippen molar-refractivity contribution in [2.75, 3.05) is 0 Å². The van der Waals surface area contributed by atoms with Crippen molar-refractivity contribution in [1.29, 1.82) is 10.5 Å². The molecular formula is C41H21F13N2. The normalized spacial score (nSPS) is 10.4. The van der Waals surface area contributed by atoms with Crippen LogP contribution in [-0.4, -0.2) is 0 Å². The van der Waals surface area contributed by atoms with E-state index in [1.807, 2.05) is 6.07 Å². The summed E-state index contributed by atoms with van der Waals surface area (Å²) >= 11 is 0. The Morgan fingerprint density at radius 1 is 0.304 bits per heavy atom. The van der Waals surface area contributed by atoms with E-state index in [1.54, 1.807) is 30.3 Å². The van der Waals surface area contributed by atoms with Gasteiger partial charge in [0.15, 0.2) is 69.8 Å². The van der Waals surface area contributed by atoms with E-state index in [1.165, 1.54) is 12.1 Å². The third-order valence-corrected chi connectivity index (χ3v) is 7.64.